The zero-order chi connectivity index (χ0) is 35.0. The van der Waals surface area contributed by atoms with E-state index in [-0.39, 0.29) is 0 Å². The van der Waals surface area contributed by atoms with Gasteiger partial charge in [0.2, 0.25) is 0 Å². The van der Waals surface area contributed by atoms with Crippen molar-refractivity contribution in [3.8, 4) is 34.4 Å². The number of rotatable bonds is 4. The summed E-state index contributed by atoms with van der Waals surface area (Å²) in [6.45, 7) is 0. The van der Waals surface area contributed by atoms with Crippen LogP contribution in [0.4, 0.5) is 0 Å². The second kappa shape index (κ2) is 11.3. The summed E-state index contributed by atoms with van der Waals surface area (Å²) >= 11 is 0. The third kappa shape index (κ3) is 4.21. The Bertz CT molecular complexity index is 3150. The normalized spacial score (nSPS) is 11.8. The summed E-state index contributed by atoms with van der Waals surface area (Å²) in [6.07, 6.45) is 1.86. The Morgan fingerprint density at radius 1 is 0.396 bits per heavy atom. The van der Waals surface area contributed by atoms with Crippen molar-refractivity contribution in [2.24, 2.45) is 0 Å². The molecule has 11 aromatic rings. The zero-order valence-corrected chi connectivity index (χ0v) is 28.5. The van der Waals surface area contributed by atoms with Crippen LogP contribution in [-0.4, -0.2) is 18.7 Å². The maximum atomic E-state index is 10.9. The highest BCUT2D eigenvalue weighted by molar-refractivity contribution is 6.12. The molecule has 0 unspecified atom stereocenters. The molecule has 0 fully saturated rings. The van der Waals surface area contributed by atoms with E-state index in [1.807, 2.05) is 12.3 Å². The lowest BCUT2D eigenvalue weighted by Gasteiger charge is -2.19. The van der Waals surface area contributed by atoms with Crippen LogP contribution in [-0.2, 0) is 0 Å². The van der Waals surface area contributed by atoms with Crippen LogP contribution in [0.2, 0.25) is 0 Å². The number of fused-ring (bicyclic) bond motifs is 9. The molecule has 0 radical (unpaired) electrons. The molecule has 5 nitrogen and oxygen atoms in total. The molecule has 53 heavy (non-hydrogen) atoms. The maximum Gasteiger partial charge on any atom is 0.138 e. The summed E-state index contributed by atoms with van der Waals surface area (Å²) in [7, 11) is 0. The fourth-order valence-corrected chi connectivity index (χ4v) is 8.51. The highest BCUT2D eigenvalue weighted by atomic mass is 15.1. The van der Waals surface area contributed by atoms with Gasteiger partial charge in [-0.15, -0.1) is 0 Å². The van der Waals surface area contributed by atoms with Gasteiger partial charge in [0.05, 0.1) is 56.1 Å². The van der Waals surface area contributed by atoms with Gasteiger partial charge in [0.25, 0.3) is 0 Å². The molecular formula is C48H29N5. The van der Waals surface area contributed by atoms with Gasteiger partial charge in [0.15, 0.2) is 0 Å². The van der Waals surface area contributed by atoms with Crippen molar-refractivity contribution in [1.82, 2.24) is 18.7 Å². The van der Waals surface area contributed by atoms with Crippen molar-refractivity contribution >= 4 is 65.4 Å². The van der Waals surface area contributed by atoms with Crippen LogP contribution >= 0.6 is 0 Å². The van der Waals surface area contributed by atoms with E-state index in [1.54, 1.807) is 0 Å². The maximum absolute atomic E-state index is 10.9. The Morgan fingerprint density at radius 3 is 1.15 bits per heavy atom. The fourth-order valence-electron chi connectivity index (χ4n) is 8.51. The number of pyridine rings is 1. The van der Waals surface area contributed by atoms with Crippen molar-refractivity contribution < 1.29 is 0 Å². The first kappa shape index (κ1) is 29.3. The molecule has 0 aliphatic carbocycles. The summed E-state index contributed by atoms with van der Waals surface area (Å²) in [5, 5.41) is 18.0. The van der Waals surface area contributed by atoms with Gasteiger partial charge in [-0.3, -0.25) is 4.57 Å². The second-order valence-corrected chi connectivity index (χ2v) is 13.5. The number of benzene rings is 7. The van der Waals surface area contributed by atoms with E-state index in [1.165, 1.54) is 32.3 Å². The van der Waals surface area contributed by atoms with Gasteiger partial charge in [-0.25, -0.2) is 4.98 Å². The van der Waals surface area contributed by atoms with Crippen LogP contribution < -0.4 is 0 Å². The van der Waals surface area contributed by atoms with Gasteiger partial charge in [-0.1, -0.05) is 109 Å². The lowest BCUT2D eigenvalue weighted by Crippen LogP contribution is -2.05. The lowest BCUT2D eigenvalue weighted by atomic mass is 9.98. The molecule has 4 aromatic heterocycles. The van der Waals surface area contributed by atoms with E-state index in [0.717, 1.165) is 61.4 Å². The summed E-state index contributed by atoms with van der Waals surface area (Å²) in [4.78, 5) is 4.91. The molecule has 11 rings (SSSR count). The smallest absolute Gasteiger partial charge is 0.138 e. The highest BCUT2D eigenvalue weighted by Gasteiger charge is 2.22. The first-order chi connectivity index (χ1) is 26.3. The Kier molecular flexibility index (Phi) is 6.25. The number of nitriles is 1. The van der Waals surface area contributed by atoms with Gasteiger partial charge in [0, 0.05) is 44.1 Å². The molecule has 4 heterocycles. The molecule has 0 atom stereocenters. The minimum absolute atomic E-state index is 0.589. The van der Waals surface area contributed by atoms with Gasteiger partial charge in [-0.2, -0.15) is 5.26 Å². The van der Waals surface area contributed by atoms with Crippen LogP contribution in [0, 0.1) is 11.3 Å². The van der Waals surface area contributed by atoms with Crippen LogP contribution in [0.3, 0.4) is 0 Å². The van der Waals surface area contributed by atoms with E-state index >= 15 is 0 Å². The SMILES string of the molecule is N#Cc1cc(-n2c3ccccc3c3ccccc32)c(-n2c3ccccc3c3ccccc32)cc1-c1ccnc(-n2c3ccccc3c3ccccc32)c1. The fraction of sp³-hybridized carbons (Fsp3) is 0. The molecule has 0 saturated carbocycles. The van der Waals surface area contributed by atoms with Gasteiger partial charge < -0.3 is 9.13 Å². The van der Waals surface area contributed by atoms with Crippen molar-refractivity contribution in [3.05, 3.63) is 182 Å². The molecule has 0 aliphatic heterocycles. The quantitative estimate of drug-likeness (QED) is 0.186. The third-order valence-electron chi connectivity index (χ3n) is 10.7. The number of nitrogens with zero attached hydrogens (tertiary/aromatic N) is 5. The Balaban J connectivity index is 1.25. The molecule has 0 amide bonds. The molecular weight excluding hydrogens is 647 g/mol. The van der Waals surface area contributed by atoms with Crippen molar-refractivity contribution in [2.45, 2.75) is 0 Å². The van der Waals surface area contributed by atoms with E-state index in [9.17, 15) is 5.26 Å². The lowest BCUT2D eigenvalue weighted by molar-refractivity contribution is 1.08. The van der Waals surface area contributed by atoms with E-state index in [0.29, 0.717) is 5.56 Å². The van der Waals surface area contributed by atoms with Crippen molar-refractivity contribution in [1.29, 1.82) is 5.26 Å². The summed E-state index contributed by atoms with van der Waals surface area (Å²) < 4.78 is 6.91. The van der Waals surface area contributed by atoms with Crippen LogP contribution in [0.5, 0.6) is 0 Å². The predicted molar refractivity (Wildman–Crippen MR) is 217 cm³/mol. The van der Waals surface area contributed by atoms with Gasteiger partial charge in [0.1, 0.15) is 5.82 Å². The molecule has 0 saturated heterocycles. The van der Waals surface area contributed by atoms with E-state index in [2.05, 4.69) is 184 Å². The van der Waals surface area contributed by atoms with Crippen LogP contribution in [0.25, 0.3) is 93.7 Å². The van der Waals surface area contributed by atoms with Crippen LogP contribution in [0.15, 0.2) is 176 Å². The van der Waals surface area contributed by atoms with Crippen molar-refractivity contribution in [3.63, 3.8) is 0 Å². The molecule has 0 aliphatic rings. The molecule has 5 heteroatoms. The molecule has 0 spiro atoms. The topological polar surface area (TPSA) is 51.5 Å². The molecule has 7 aromatic carbocycles. The number of aromatic nitrogens is 4. The predicted octanol–water partition coefficient (Wildman–Crippen LogP) is 11.9. The first-order valence-electron chi connectivity index (χ1n) is 17.8. The summed E-state index contributed by atoms with van der Waals surface area (Å²) in [5.41, 5.74) is 10.8. The molecule has 246 valence electrons. The van der Waals surface area contributed by atoms with E-state index < -0.39 is 0 Å². The molecule has 0 bridgehead atoms. The first-order valence-corrected chi connectivity index (χ1v) is 17.8. The van der Waals surface area contributed by atoms with Crippen molar-refractivity contribution in [2.75, 3.05) is 0 Å². The van der Waals surface area contributed by atoms with Crippen LogP contribution in [0.1, 0.15) is 5.56 Å². The number of hydrogen-bond donors (Lipinski definition) is 0. The highest BCUT2D eigenvalue weighted by Crippen LogP contribution is 2.41. The van der Waals surface area contributed by atoms with Gasteiger partial charge >= 0.3 is 0 Å². The largest absolute Gasteiger partial charge is 0.307 e. The minimum atomic E-state index is 0.589. The number of hydrogen-bond acceptors (Lipinski definition) is 2. The van der Waals surface area contributed by atoms with Gasteiger partial charge in [-0.05, 0) is 66.2 Å². The standard InChI is InChI=1S/C48H29N5/c49-30-32-27-46(51-40-19-7-1-13-33(40)34-14-2-8-20-41(34)51)47(52-42-21-9-3-15-35(42)36-16-4-10-22-43(36)52)29-39(32)31-25-26-50-48(28-31)53-44-23-11-5-17-37(44)38-18-6-12-24-45(38)53/h1-29H. The Hall–Kier alpha value is -7.42. The number of para-hydroxylation sites is 6. The zero-order valence-electron chi connectivity index (χ0n) is 28.5. The summed E-state index contributed by atoms with van der Waals surface area (Å²) in [5.74, 6) is 0.800. The monoisotopic (exact) mass is 675 g/mol. The Morgan fingerprint density at radius 2 is 0.755 bits per heavy atom. The summed E-state index contributed by atoms with van der Waals surface area (Å²) in [6, 6.07) is 62.2. The Labute approximate surface area is 304 Å². The second-order valence-electron chi connectivity index (χ2n) is 13.5. The molecule has 0 N–H and O–H groups in total. The average molecular weight is 676 g/mol. The average Bonchev–Trinajstić information content (AvgIpc) is 3.86. The minimum Gasteiger partial charge on any atom is -0.307 e. The van der Waals surface area contributed by atoms with E-state index in [4.69, 9.17) is 4.98 Å². The third-order valence-corrected chi connectivity index (χ3v) is 10.7.